The molecule has 0 saturated heterocycles. The third-order valence-electron chi connectivity index (χ3n) is 5.44. The van der Waals surface area contributed by atoms with Gasteiger partial charge in [-0.15, -0.1) is 47.8 Å². The van der Waals surface area contributed by atoms with Crippen LogP contribution in [-0.4, -0.2) is 19.1 Å². The topological polar surface area (TPSA) is 61.9 Å². The Morgan fingerprint density at radius 3 is 1.43 bits per heavy atom. The third-order valence-corrected chi connectivity index (χ3v) is 5.44. The van der Waals surface area contributed by atoms with Crippen LogP contribution in [0, 0.1) is 36.9 Å². The van der Waals surface area contributed by atoms with Crippen LogP contribution in [0.1, 0.15) is 0 Å². The molecule has 40 heavy (non-hydrogen) atoms. The van der Waals surface area contributed by atoms with Crippen molar-refractivity contribution in [1.29, 1.82) is 0 Å². The van der Waals surface area contributed by atoms with E-state index in [-0.39, 0.29) is 42.1 Å². The van der Waals surface area contributed by atoms with Gasteiger partial charge >= 0.3 is 0 Å². The second-order valence-electron chi connectivity index (χ2n) is 8.33. The molecule has 4 heterocycles. The Labute approximate surface area is 261 Å². The molecule has 0 aliphatic carbocycles. The summed E-state index contributed by atoms with van der Waals surface area (Å²) in [5.74, 6) is 2.03. The Hall–Kier alpha value is -3.86. The fourth-order valence-corrected chi connectivity index (χ4v) is 3.68. The molecule has 0 spiro atoms. The number of benzene rings is 2. The Balaban J connectivity index is 0.00000185. The zero-order valence-electron chi connectivity index (χ0n) is 21.2. The van der Waals surface area contributed by atoms with Crippen molar-refractivity contribution in [2.24, 2.45) is 14.1 Å². The molecule has 206 valence electrons. The standard InChI is InChI=1S/C30H20N6O2.2Pt/c1-33-13-15-35(21-33)23-5-3-7-25(17-23)37-27-9-11-31-29(19-27)30-20-28(10-12-32-30)38-26-8-4-6-24(18-26)36-16-14-34(2)22-36;;/h3-16H,1-2H3;;/q-4;;. The van der Waals surface area contributed by atoms with Gasteiger partial charge in [-0.05, 0) is 12.4 Å². The zero-order valence-corrected chi connectivity index (χ0v) is 25.8. The first-order chi connectivity index (χ1) is 18.6. The number of ether oxygens (including phenoxy) is 2. The molecule has 0 fully saturated rings. The van der Waals surface area contributed by atoms with Gasteiger partial charge in [-0.25, -0.2) is 0 Å². The largest absolute Gasteiger partial charge is 0.511 e. The maximum Gasteiger partial charge on any atom is 0.241 e. The van der Waals surface area contributed by atoms with Crippen molar-refractivity contribution in [2.45, 2.75) is 0 Å². The summed E-state index contributed by atoms with van der Waals surface area (Å²) < 4.78 is 19.4. The molecule has 0 radical (unpaired) electrons. The predicted octanol–water partition coefficient (Wildman–Crippen LogP) is 3.75. The molecule has 6 rings (SSSR count). The van der Waals surface area contributed by atoms with Crippen molar-refractivity contribution in [3.8, 4) is 45.8 Å². The first kappa shape index (κ1) is 29.1. The van der Waals surface area contributed by atoms with E-state index in [2.05, 4.69) is 46.9 Å². The van der Waals surface area contributed by atoms with Crippen LogP contribution in [0.4, 0.5) is 0 Å². The number of hydrogen-bond donors (Lipinski definition) is 0. The van der Waals surface area contributed by atoms with E-state index in [4.69, 9.17) is 9.47 Å². The van der Waals surface area contributed by atoms with Gasteiger partial charge in [0.15, 0.2) is 0 Å². The fraction of sp³-hybridized carbons (Fsp3) is 0.0667. The van der Waals surface area contributed by atoms with Gasteiger partial charge in [-0.1, -0.05) is 11.4 Å². The van der Waals surface area contributed by atoms with E-state index in [0.29, 0.717) is 34.4 Å². The Morgan fingerprint density at radius 1 is 0.600 bits per heavy atom. The number of pyridine rings is 2. The molecule has 0 unspecified atom stereocenters. The van der Waals surface area contributed by atoms with Gasteiger partial charge < -0.3 is 37.7 Å². The third kappa shape index (κ3) is 6.82. The molecule has 10 heteroatoms. The first-order valence-electron chi connectivity index (χ1n) is 11.7. The summed E-state index contributed by atoms with van der Waals surface area (Å²) in [7, 11) is 3.82. The van der Waals surface area contributed by atoms with Gasteiger partial charge in [0.2, 0.25) is 12.7 Å². The molecule has 0 saturated carbocycles. The van der Waals surface area contributed by atoms with Crippen LogP contribution in [0.2, 0.25) is 0 Å². The molecular weight excluding hydrogens is 867 g/mol. The first-order valence-corrected chi connectivity index (χ1v) is 11.7. The summed E-state index contributed by atoms with van der Waals surface area (Å²) in [5, 5.41) is 0. The number of imidazole rings is 2. The molecule has 8 nitrogen and oxygen atoms in total. The molecule has 0 aliphatic rings. The van der Waals surface area contributed by atoms with Gasteiger partial charge in [-0.3, -0.25) is 0 Å². The Bertz CT molecular complexity index is 1610. The average molecular weight is 887 g/mol. The average Bonchev–Trinajstić information content (AvgIpc) is 3.58. The molecule has 0 bridgehead atoms. The van der Waals surface area contributed by atoms with Crippen LogP contribution >= 0.6 is 0 Å². The zero-order chi connectivity index (χ0) is 25.9. The minimum atomic E-state index is 0. The van der Waals surface area contributed by atoms with E-state index in [9.17, 15) is 0 Å². The normalized spacial score (nSPS) is 10.3. The van der Waals surface area contributed by atoms with Crippen LogP contribution in [0.15, 0.2) is 85.7 Å². The quantitative estimate of drug-likeness (QED) is 0.181. The summed E-state index contributed by atoms with van der Waals surface area (Å²) in [6, 6.07) is 27.6. The minimum absolute atomic E-state index is 0. The van der Waals surface area contributed by atoms with E-state index in [1.54, 1.807) is 24.5 Å². The molecule has 2 aromatic carbocycles. The smallest absolute Gasteiger partial charge is 0.241 e. The maximum atomic E-state index is 6.02. The summed E-state index contributed by atoms with van der Waals surface area (Å²) >= 11 is 0. The van der Waals surface area contributed by atoms with E-state index in [0.717, 1.165) is 11.4 Å². The monoisotopic (exact) mass is 886 g/mol. The van der Waals surface area contributed by atoms with Crippen LogP contribution in [-0.2, 0) is 56.2 Å². The Kier molecular flexibility index (Phi) is 9.46. The molecule has 4 aromatic heterocycles. The van der Waals surface area contributed by atoms with E-state index >= 15 is 0 Å². The van der Waals surface area contributed by atoms with E-state index in [1.807, 2.05) is 93.5 Å². The SMILES string of the molecule is Cn1[c-][n+](-c2[c-]c(Oc3[c-]c(-c4[c-]c(Oc5[c-]c(-[n+]6[c-]n(C)cc6)ccc5)ccn4)ncc3)ccc2)cc1.[Pt].[Pt]. The summed E-state index contributed by atoms with van der Waals surface area (Å²) in [4.78, 5) is 8.80. The second kappa shape index (κ2) is 13.0. The van der Waals surface area contributed by atoms with E-state index < -0.39 is 0 Å². The molecule has 0 atom stereocenters. The fourth-order valence-electron chi connectivity index (χ4n) is 3.68. The van der Waals surface area contributed by atoms with Crippen molar-refractivity contribution in [1.82, 2.24) is 19.1 Å². The number of aryl methyl sites for hydroxylation is 2. The predicted molar refractivity (Wildman–Crippen MR) is 135 cm³/mol. The van der Waals surface area contributed by atoms with Crippen molar-refractivity contribution in [3.05, 3.63) is 123 Å². The molecular formula is C30H20N6O2Pt2-4. The second-order valence-corrected chi connectivity index (χ2v) is 8.33. The number of rotatable bonds is 7. The van der Waals surface area contributed by atoms with Gasteiger partial charge in [0, 0.05) is 89.9 Å². The van der Waals surface area contributed by atoms with Crippen molar-refractivity contribution in [3.63, 3.8) is 0 Å². The Morgan fingerprint density at radius 2 is 1.02 bits per heavy atom. The van der Waals surface area contributed by atoms with Crippen molar-refractivity contribution in [2.75, 3.05) is 0 Å². The van der Waals surface area contributed by atoms with Gasteiger partial charge in [-0.2, -0.15) is 36.4 Å². The van der Waals surface area contributed by atoms with Gasteiger partial charge in [0.25, 0.3) is 0 Å². The molecule has 0 amide bonds. The summed E-state index contributed by atoms with van der Waals surface area (Å²) in [6.45, 7) is 0. The van der Waals surface area contributed by atoms with Crippen molar-refractivity contribution < 1.29 is 60.7 Å². The summed E-state index contributed by atoms with van der Waals surface area (Å²) in [6.07, 6.45) is 17.2. The number of hydrogen-bond acceptors (Lipinski definition) is 4. The number of nitrogens with zero attached hydrogens (tertiary/aromatic N) is 6. The van der Waals surface area contributed by atoms with Crippen molar-refractivity contribution >= 4 is 0 Å². The number of aromatic nitrogens is 6. The molecule has 6 aromatic rings. The van der Waals surface area contributed by atoms with Crippen LogP contribution in [0.3, 0.4) is 0 Å². The van der Waals surface area contributed by atoms with Crippen LogP contribution < -0.4 is 18.6 Å². The van der Waals surface area contributed by atoms with Gasteiger partial charge in [0.05, 0.1) is 14.1 Å². The molecule has 0 N–H and O–H groups in total. The van der Waals surface area contributed by atoms with Crippen LogP contribution in [0.25, 0.3) is 22.8 Å². The molecule has 0 aliphatic heterocycles. The maximum absolute atomic E-state index is 6.02. The van der Waals surface area contributed by atoms with Crippen LogP contribution in [0.5, 0.6) is 23.0 Å². The minimum Gasteiger partial charge on any atom is -0.511 e. The summed E-state index contributed by atoms with van der Waals surface area (Å²) in [5.41, 5.74) is 2.56. The van der Waals surface area contributed by atoms with E-state index in [1.165, 1.54) is 0 Å². The van der Waals surface area contributed by atoms with Gasteiger partial charge in [0.1, 0.15) is 0 Å².